The first-order valence-electron chi connectivity index (χ1n) is 6.91. The topological polar surface area (TPSA) is 62.7 Å². The summed E-state index contributed by atoms with van der Waals surface area (Å²) in [5.74, 6) is 0.714. The SMILES string of the molecule is CCC(C(N)=S)N1CCN(C(=O)c2ccoc2C)CC1. The summed E-state index contributed by atoms with van der Waals surface area (Å²) in [4.78, 5) is 17.0. The first-order valence-corrected chi connectivity index (χ1v) is 7.32. The number of nitrogens with two attached hydrogens (primary N) is 1. The van der Waals surface area contributed by atoms with E-state index in [0.29, 0.717) is 29.4 Å². The molecule has 0 saturated carbocycles. The van der Waals surface area contributed by atoms with Gasteiger partial charge in [0.05, 0.1) is 22.9 Å². The molecule has 1 aliphatic heterocycles. The van der Waals surface area contributed by atoms with Gasteiger partial charge in [0.25, 0.3) is 5.91 Å². The van der Waals surface area contributed by atoms with E-state index in [1.807, 2.05) is 11.8 Å². The third-order valence-electron chi connectivity index (χ3n) is 3.85. The number of amides is 1. The van der Waals surface area contributed by atoms with Crippen molar-refractivity contribution in [2.75, 3.05) is 26.2 Å². The molecule has 1 aromatic heterocycles. The van der Waals surface area contributed by atoms with E-state index in [4.69, 9.17) is 22.4 Å². The van der Waals surface area contributed by atoms with E-state index in [1.54, 1.807) is 12.3 Å². The lowest BCUT2D eigenvalue weighted by Crippen LogP contribution is -2.54. The molecule has 2 N–H and O–H groups in total. The summed E-state index contributed by atoms with van der Waals surface area (Å²) in [7, 11) is 0. The highest BCUT2D eigenvalue weighted by Gasteiger charge is 2.27. The number of carbonyl (C=O) groups excluding carboxylic acids is 1. The molecule has 0 aromatic carbocycles. The number of aryl methyl sites for hydroxylation is 1. The van der Waals surface area contributed by atoms with Gasteiger partial charge in [-0.3, -0.25) is 9.69 Å². The molecule has 1 amide bonds. The summed E-state index contributed by atoms with van der Waals surface area (Å²) in [6, 6.07) is 1.87. The highest BCUT2D eigenvalue weighted by atomic mass is 32.1. The van der Waals surface area contributed by atoms with Gasteiger partial charge < -0.3 is 15.1 Å². The number of piperazine rings is 1. The molecular formula is C14H21N3O2S. The Bertz CT molecular complexity index is 492. The second-order valence-corrected chi connectivity index (χ2v) is 5.52. The molecule has 20 heavy (non-hydrogen) atoms. The molecule has 0 spiro atoms. The van der Waals surface area contributed by atoms with Gasteiger partial charge in [0.1, 0.15) is 5.76 Å². The second-order valence-electron chi connectivity index (χ2n) is 5.05. The maximum Gasteiger partial charge on any atom is 0.257 e. The number of rotatable bonds is 4. The predicted molar refractivity (Wildman–Crippen MR) is 81.8 cm³/mol. The van der Waals surface area contributed by atoms with Crippen molar-refractivity contribution in [1.82, 2.24) is 9.80 Å². The van der Waals surface area contributed by atoms with Crippen LogP contribution in [0.3, 0.4) is 0 Å². The number of hydrogen-bond acceptors (Lipinski definition) is 4. The first kappa shape index (κ1) is 15.0. The molecule has 5 nitrogen and oxygen atoms in total. The van der Waals surface area contributed by atoms with Gasteiger partial charge in [-0.1, -0.05) is 19.1 Å². The Hall–Kier alpha value is -1.40. The van der Waals surface area contributed by atoms with Gasteiger partial charge in [0, 0.05) is 26.2 Å². The summed E-state index contributed by atoms with van der Waals surface area (Å²) in [6.45, 7) is 6.89. The van der Waals surface area contributed by atoms with Gasteiger partial charge in [-0.2, -0.15) is 0 Å². The molecule has 1 aromatic rings. The number of furan rings is 1. The van der Waals surface area contributed by atoms with Crippen molar-refractivity contribution in [3.05, 3.63) is 23.7 Å². The van der Waals surface area contributed by atoms with E-state index >= 15 is 0 Å². The standard InChI is InChI=1S/C14H21N3O2S/c1-3-12(13(15)20)16-5-7-17(8-6-16)14(18)11-4-9-19-10(11)2/h4,9,12H,3,5-8H2,1-2H3,(H2,15,20). The lowest BCUT2D eigenvalue weighted by atomic mass is 10.1. The largest absolute Gasteiger partial charge is 0.469 e. The predicted octanol–water partition coefficient (Wildman–Crippen LogP) is 1.41. The van der Waals surface area contributed by atoms with E-state index in [-0.39, 0.29) is 11.9 Å². The zero-order valence-corrected chi connectivity index (χ0v) is 12.8. The molecule has 0 bridgehead atoms. The molecular weight excluding hydrogens is 274 g/mol. The fourth-order valence-electron chi connectivity index (χ4n) is 2.65. The monoisotopic (exact) mass is 295 g/mol. The molecule has 2 rings (SSSR count). The second kappa shape index (κ2) is 6.37. The van der Waals surface area contributed by atoms with Gasteiger partial charge in [-0.15, -0.1) is 0 Å². The Balaban J connectivity index is 1.96. The van der Waals surface area contributed by atoms with Crippen LogP contribution in [-0.4, -0.2) is 52.9 Å². The molecule has 1 fully saturated rings. The van der Waals surface area contributed by atoms with Crippen LogP contribution >= 0.6 is 12.2 Å². The molecule has 110 valence electrons. The number of hydrogen-bond donors (Lipinski definition) is 1. The fourth-order valence-corrected chi connectivity index (χ4v) is 2.97. The highest BCUT2D eigenvalue weighted by Crippen LogP contribution is 2.15. The maximum absolute atomic E-state index is 12.4. The Morgan fingerprint density at radius 2 is 2.10 bits per heavy atom. The van der Waals surface area contributed by atoms with Gasteiger partial charge in [0.2, 0.25) is 0 Å². The van der Waals surface area contributed by atoms with Crippen molar-refractivity contribution in [3.63, 3.8) is 0 Å². The minimum absolute atomic E-state index is 0.0410. The Morgan fingerprint density at radius 1 is 1.45 bits per heavy atom. The van der Waals surface area contributed by atoms with E-state index in [2.05, 4.69) is 11.8 Å². The summed E-state index contributed by atoms with van der Waals surface area (Å²) in [5.41, 5.74) is 6.42. The molecule has 1 saturated heterocycles. The van der Waals surface area contributed by atoms with Crippen LogP contribution in [0.5, 0.6) is 0 Å². The van der Waals surface area contributed by atoms with Crippen molar-refractivity contribution in [2.45, 2.75) is 26.3 Å². The molecule has 1 aliphatic rings. The smallest absolute Gasteiger partial charge is 0.257 e. The van der Waals surface area contributed by atoms with Crippen molar-refractivity contribution in [3.8, 4) is 0 Å². The van der Waals surface area contributed by atoms with Crippen LogP contribution in [0.1, 0.15) is 29.5 Å². The molecule has 0 aliphatic carbocycles. The van der Waals surface area contributed by atoms with Crippen LogP contribution in [0.25, 0.3) is 0 Å². The van der Waals surface area contributed by atoms with E-state index < -0.39 is 0 Å². The van der Waals surface area contributed by atoms with Crippen LogP contribution in [0, 0.1) is 6.92 Å². The van der Waals surface area contributed by atoms with Crippen LogP contribution in [0.4, 0.5) is 0 Å². The molecule has 2 heterocycles. The Kier molecular flexibility index (Phi) is 4.77. The van der Waals surface area contributed by atoms with Crippen molar-refractivity contribution < 1.29 is 9.21 Å². The van der Waals surface area contributed by atoms with Crippen LogP contribution in [-0.2, 0) is 0 Å². The van der Waals surface area contributed by atoms with Crippen molar-refractivity contribution >= 4 is 23.1 Å². The van der Waals surface area contributed by atoms with E-state index in [0.717, 1.165) is 19.5 Å². The zero-order valence-electron chi connectivity index (χ0n) is 12.0. The van der Waals surface area contributed by atoms with Crippen LogP contribution in [0.15, 0.2) is 16.7 Å². The Labute approximate surface area is 124 Å². The first-order chi connectivity index (χ1) is 9.54. The zero-order chi connectivity index (χ0) is 14.7. The summed E-state index contributed by atoms with van der Waals surface area (Å²) >= 11 is 5.10. The Morgan fingerprint density at radius 3 is 2.55 bits per heavy atom. The van der Waals surface area contributed by atoms with Gasteiger partial charge in [-0.25, -0.2) is 0 Å². The summed E-state index contributed by atoms with van der Waals surface area (Å²) in [5, 5.41) is 0. The third kappa shape index (κ3) is 3.02. The average molecular weight is 295 g/mol. The highest BCUT2D eigenvalue weighted by molar-refractivity contribution is 7.80. The molecule has 6 heteroatoms. The van der Waals surface area contributed by atoms with Gasteiger partial charge >= 0.3 is 0 Å². The third-order valence-corrected chi connectivity index (χ3v) is 4.12. The van der Waals surface area contributed by atoms with Gasteiger partial charge in [-0.05, 0) is 19.4 Å². The van der Waals surface area contributed by atoms with E-state index in [1.165, 1.54) is 0 Å². The lowest BCUT2D eigenvalue weighted by molar-refractivity contribution is 0.0610. The van der Waals surface area contributed by atoms with Crippen molar-refractivity contribution in [2.24, 2.45) is 5.73 Å². The summed E-state index contributed by atoms with van der Waals surface area (Å²) < 4.78 is 5.19. The summed E-state index contributed by atoms with van der Waals surface area (Å²) in [6.07, 6.45) is 2.46. The fraction of sp³-hybridized carbons (Fsp3) is 0.571. The molecule has 1 atom stereocenters. The number of carbonyl (C=O) groups is 1. The van der Waals surface area contributed by atoms with Crippen molar-refractivity contribution in [1.29, 1.82) is 0 Å². The van der Waals surface area contributed by atoms with Crippen LogP contribution < -0.4 is 5.73 Å². The van der Waals surface area contributed by atoms with Gasteiger partial charge in [0.15, 0.2) is 0 Å². The number of nitrogens with zero attached hydrogens (tertiary/aromatic N) is 2. The minimum atomic E-state index is 0.0410. The number of thiocarbonyl (C=S) groups is 1. The minimum Gasteiger partial charge on any atom is -0.469 e. The van der Waals surface area contributed by atoms with Crippen LogP contribution in [0.2, 0.25) is 0 Å². The lowest BCUT2D eigenvalue weighted by Gasteiger charge is -2.38. The average Bonchev–Trinajstić information content (AvgIpc) is 2.85. The van der Waals surface area contributed by atoms with E-state index in [9.17, 15) is 4.79 Å². The quantitative estimate of drug-likeness (QED) is 0.851. The molecule has 0 radical (unpaired) electrons. The normalized spacial score (nSPS) is 18.0. The maximum atomic E-state index is 12.4. The molecule has 1 unspecified atom stereocenters.